The molecule has 2 atom stereocenters. The summed E-state index contributed by atoms with van der Waals surface area (Å²) in [4.78, 5) is 0. The molecule has 0 aliphatic carbocycles. The minimum Gasteiger partial charge on any atom is -0.316 e. The van der Waals surface area contributed by atoms with Gasteiger partial charge in [-0.2, -0.15) is 12.6 Å². The molecule has 1 rings (SSSR count). The van der Waals surface area contributed by atoms with Crippen LogP contribution in [0.1, 0.15) is 13.3 Å². The summed E-state index contributed by atoms with van der Waals surface area (Å²) in [7, 11) is 0. The van der Waals surface area contributed by atoms with Gasteiger partial charge in [-0.1, -0.05) is 6.92 Å². The molecule has 0 spiro atoms. The normalized spacial score (nSPS) is 39.8. The molecule has 1 nitrogen and oxygen atoms in total. The lowest BCUT2D eigenvalue weighted by Crippen LogP contribution is -2.35. The lowest BCUT2D eigenvalue weighted by atomic mass is 10.0. The maximum atomic E-state index is 4.42. The Balaban J connectivity index is 2.28. The standard InChI is InChI=1S/C6H13NS/c1-5-4-7-3-2-6(5)8/h5-8H,2-4H2,1H3/t5-,6+/m1/s1. The zero-order chi connectivity index (χ0) is 5.98. The highest BCUT2D eigenvalue weighted by Gasteiger charge is 2.15. The second-order valence-electron chi connectivity index (χ2n) is 2.54. The average Bonchev–Trinajstić information content (AvgIpc) is 1.77. The van der Waals surface area contributed by atoms with Crippen molar-refractivity contribution < 1.29 is 0 Å². The fourth-order valence-corrected chi connectivity index (χ4v) is 1.23. The van der Waals surface area contributed by atoms with E-state index in [9.17, 15) is 0 Å². The van der Waals surface area contributed by atoms with Crippen LogP contribution in [0, 0.1) is 5.92 Å². The van der Waals surface area contributed by atoms with Crippen molar-refractivity contribution in [3.05, 3.63) is 0 Å². The summed E-state index contributed by atoms with van der Waals surface area (Å²) in [5.74, 6) is 0.757. The third-order valence-corrected chi connectivity index (χ3v) is 2.51. The van der Waals surface area contributed by atoms with Crippen LogP contribution in [-0.2, 0) is 0 Å². The van der Waals surface area contributed by atoms with Crippen molar-refractivity contribution in [2.75, 3.05) is 13.1 Å². The van der Waals surface area contributed by atoms with Gasteiger partial charge in [-0.05, 0) is 25.4 Å². The molecule has 0 aromatic heterocycles. The lowest BCUT2D eigenvalue weighted by molar-refractivity contribution is 0.419. The molecule has 1 saturated heterocycles. The minimum atomic E-state index is 0.635. The van der Waals surface area contributed by atoms with Gasteiger partial charge in [0, 0.05) is 5.25 Å². The van der Waals surface area contributed by atoms with Gasteiger partial charge >= 0.3 is 0 Å². The summed E-state index contributed by atoms with van der Waals surface area (Å²) in [5.41, 5.74) is 0. The van der Waals surface area contributed by atoms with Crippen LogP contribution >= 0.6 is 12.6 Å². The summed E-state index contributed by atoms with van der Waals surface area (Å²) < 4.78 is 0. The molecule has 2 heteroatoms. The Morgan fingerprint density at radius 3 is 2.75 bits per heavy atom. The monoisotopic (exact) mass is 131 g/mol. The first-order valence-corrected chi connectivity index (χ1v) is 3.71. The quantitative estimate of drug-likeness (QED) is 0.466. The number of thiol groups is 1. The largest absolute Gasteiger partial charge is 0.316 e. The predicted octanol–water partition coefficient (Wildman–Crippen LogP) is 0.914. The van der Waals surface area contributed by atoms with Gasteiger partial charge in [0.2, 0.25) is 0 Å². The fourth-order valence-electron chi connectivity index (χ4n) is 1.00. The van der Waals surface area contributed by atoms with Gasteiger partial charge in [0.1, 0.15) is 0 Å². The zero-order valence-electron chi connectivity index (χ0n) is 5.22. The SMILES string of the molecule is C[C@@H]1CNCC[C@@H]1S. The van der Waals surface area contributed by atoms with E-state index in [0.29, 0.717) is 5.25 Å². The van der Waals surface area contributed by atoms with Gasteiger partial charge in [-0.3, -0.25) is 0 Å². The molecular formula is C6H13NS. The Hall–Kier alpha value is 0.310. The Morgan fingerprint density at radius 2 is 2.38 bits per heavy atom. The van der Waals surface area contributed by atoms with E-state index in [4.69, 9.17) is 0 Å². The maximum Gasteiger partial charge on any atom is 0.00666 e. The van der Waals surface area contributed by atoms with Crippen molar-refractivity contribution in [2.45, 2.75) is 18.6 Å². The molecule has 0 amide bonds. The molecule has 1 fully saturated rings. The predicted molar refractivity (Wildman–Crippen MR) is 39.4 cm³/mol. The van der Waals surface area contributed by atoms with Crippen LogP contribution in [0.4, 0.5) is 0 Å². The molecule has 1 heterocycles. The van der Waals surface area contributed by atoms with Crippen molar-refractivity contribution >= 4 is 12.6 Å². The highest BCUT2D eigenvalue weighted by atomic mass is 32.1. The summed E-state index contributed by atoms with van der Waals surface area (Å²) in [5, 5.41) is 3.95. The van der Waals surface area contributed by atoms with Crippen LogP contribution in [-0.4, -0.2) is 18.3 Å². The van der Waals surface area contributed by atoms with Crippen LogP contribution in [0.15, 0.2) is 0 Å². The van der Waals surface area contributed by atoms with Gasteiger partial charge in [-0.25, -0.2) is 0 Å². The zero-order valence-corrected chi connectivity index (χ0v) is 6.12. The first kappa shape index (κ1) is 6.43. The summed E-state index contributed by atoms with van der Waals surface area (Å²) >= 11 is 4.42. The molecule has 8 heavy (non-hydrogen) atoms. The van der Waals surface area contributed by atoms with Gasteiger partial charge < -0.3 is 5.32 Å². The highest BCUT2D eigenvalue weighted by Crippen LogP contribution is 2.15. The Kier molecular flexibility index (Phi) is 2.20. The minimum absolute atomic E-state index is 0.635. The van der Waals surface area contributed by atoms with Crippen molar-refractivity contribution in [3.8, 4) is 0 Å². The van der Waals surface area contributed by atoms with Gasteiger partial charge in [-0.15, -0.1) is 0 Å². The van der Waals surface area contributed by atoms with Crippen molar-refractivity contribution in [2.24, 2.45) is 5.92 Å². The summed E-state index contributed by atoms with van der Waals surface area (Å²) in [6.07, 6.45) is 1.23. The molecule has 48 valence electrons. The molecule has 1 N–H and O–H groups in total. The van der Waals surface area contributed by atoms with E-state index in [1.807, 2.05) is 0 Å². The van der Waals surface area contributed by atoms with E-state index < -0.39 is 0 Å². The van der Waals surface area contributed by atoms with Crippen LogP contribution in [0.3, 0.4) is 0 Å². The fraction of sp³-hybridized carbons (Fsp3) is 1.00. The van der Waals surface area contributed by atoms with Gasteiger partial charge in [0.15, 0.2) is 0 Å². The van der Waals surface area contributed by atoms with E-state index in [1.165, 1.54) is 6.42 Å². The topological polar surface area (TPSA) is 12.0 Å². The van der Waals surface area contributed by atoms with Crippen molar-refractivity contribution in [1.29, 1.82) is 0 Å². The summed E-state index contributed by atoms with van der Waals surface area (Å²) in [6, 6.07) is 0. The molecule has 0 aromatic rings. The van der Waals surface area contributed by atoms with Crippen LogP contribution in [0.25, 0.3) is 0 Å². The number of piperidine rings is 1. The first-order chi connectivity index (χ1) is 3.80. The second kappa shape index (κ2) is 2.74. The van der Waals surface area contributed by atoms with E-state index in [1.54, 1.807) is 0 Å². The number of hydrogen-bond acceptors (Lipinski definition) is 2. The molecule has 0 unspecified atom stereocenters. The number of nitrogens with one attached hydrogen (secondary N) is 1. The second-order valence-corrected chi connectivity index (χ2v) is 3.20. The molecule has 0 aromatic carbocycles. The van der Waals surface area contributed by atoms with Gasteiger partial charge in [0.05, 0.1) is 0 Å². The third kappa shape index (κ3) is 1.39. The maximum absolute atomic E-state index is 4.42. The smallest absolute Gasteiger partial charge is 0.00666 e. The Morgan fingerprint density at radius 1 is 1.62 bits per heavy atom. The molecular weight excluding hydrogens is 118 g/mol. The van der Waals surface area contributed by atoms with Gasteiger partial charge in [0.25, 0.3) is 0 Å². The average molecular weight is 131 g/mol. The van der Waals surface area contributed by atoms with E-state index >= 15 is 0 Å². The number of hydrogen-bond donors (Lipinski definition) is 2. The molecule has 1 aliphatic heterocycles. The van der Waals surface area contributed by atoms with E-state index in [-0.39, 0.29) is 0 Å². The summed E-state index contributed by atoms with van der Waals surface area (Å²) in [6.45, 7) is 4.54. The molecule has 0 saturated carbocycles. The Labute approximate surface area is 56.3 Å². The van der Waals surface area contributed by atoms with Crippen molar-refractivity contribution in [3.63, 3.8) is 0 Å². The van der Waals surface area contributed by atoms with Crippen LogP contribution in [0.5, 0.6) is 0 Å². The third-order valence-electron chi connectivity index (χ3n) is 1.74. The first-order valence-electron chi connectivity index (χ1n) is 3.19. The van der Waals surface area contributed by atoms with Crippen LogP contribution < -0.4 is 5.32 Å². The number of rotatable bonds is 0. The Bertz CT molecular complexity index is 64.9. The van der Waals surface area contributed by atoms with Crippen LogP contribution in [0.2, 0.25) is 0 Å². The van der Waals surface area contributed by atoms with E-state index in [0.717, 1.165) is 19.0 Å². The molecule has 1 aliphatic rings. The van der Waals surface area contributed by atoms with E-state index in [2.05, 4.69) is 24.9 Å². The molecule has 0 bridgehead atoms. The highest BCUT2D eigenvalue weighted by molar-refractivity contribution is 7.81. The molecule has 0 radical (unpaired) electrons. The van der Waals surface area contributed by atoms with Crippen molar-refractivity contribution in [1.82, 2.24) is 5.32 Å². The lowest BCUT2D eigenvalue weighted by Gasteiger charge is -2.24.